The number of rotatable bonds is 10. The van der Waals surface area contributed by atoms with Gasteiger partial charge in [-0.05, 0) is 59.2 Å². The number of benzene rings is 4. The Labute approximate surface area is 272 Å². The molecule has 1 atom stereocenters. The number of Topliss-reactive ketones (excluding diaryl/α,β-unsaturated/α-hetero) is 1. The maximum absolute atomic E-state index is 14.7. The van der Waals surface area contributed by atoms with Crippen LogP contribution in [0.25, 0.3) is 16.5 Å². The second kappa shape index (κ2) is 13.2. The molecule has 12 heteroatoms. The first-order chi connectivity index (χ1) is 22.3. The molecule has 4 aromatic carbocycles. The normalized spacial score (nSPS) is 15.8. The van der Waals surface area contributed by atoms with Gasteiger partial charge in [0.15, 0.2) is 27.4 Å². The highest BCUT2D eigenvalue weighted by Gasteiger charge is 2.48. The number of fused-ring (bicyclic) bond motifs is 1. The maximum atomic E-state index is 14.7. The summed E-state index contributed by atoms with van der Waals surface area (Å²) in [6, 6.07) is 21.9. The highest BCUT2D eigenvalue weighted by Crippen LogP contribution is 2.46. The van der Waals surface area contributed by atoms with Crippen molar-refractivity contribution in [2.75, 3.05) is 25.7 Å². The molecule has 2 heterocycles. The van der Waals surface area contributed by atoms with E-state index in [-0.39, 0.29) is 22.0 Å². The van der Waals surface area contributed by atoms with Gasteiger partial charge in [0, 0.05) is 11.3 Å². The van der Waals surface area contributed by atoms with Crippen molar-refractivity contribution >= 4 is 56.5 Å². The van der Waals surface area contributed by atoms with Gasteiger partial charge in [0.2, 0.25) is 5.13 Å². The number of carbonyl (C=O) groups excluding carboxylic acids is 2. The molecule has 0 unspecified atom stereocenters. The highest BCUT2D eigenvalue weighted by molar-refractivity contribution is 8.00. The lowest BCUT2D eigenvalue weighted by molar-refractivity contribution is -0.132. The van der Waals surface area contributed by atoms with E-state index in [1.165, 1.54) is 43.0 Å². The fourth-order valence-corrected chi connectivity index (χ4v) is 7.23. The van der Waals surface area contributed by atoms with Crippen molar-refractivity contribution in [3.05, 3.63) is 107 Å². The fraction of sp³-hybridized carbons (Fsp3) is 0.176. The lowest BCUT2D eigenvalue weighted by Crippen LogP contribution is -2.29. The molecular formula is C34H28FN3O6S2. The molecule has 46 heavy (non-hydrogen) atoms. The van der Waals surface area contributed by atoms with Crippen LogP contribution < -0.4 is 19.1 Å². The molecule has 5 aromatic rings. The van der Waals surface area contributed by atoms with E-state index in [0.717, 1.165) is 33.7 Å². The van der Waals surface area contributed by atoms with Crippen LogP contribution in [0.15, 0.2) is 88.8 Å². The van der Waals surface area contributed by atoms with Crippen LogP contribution >= 0.6 is 23.1 Å². The number of methoxy groups -OCH3 is 2. The summed E-state index contributed by atoms with van der Waals surface area (Å²) >= 11 is 2.61. The number of ether oxygens (including phenoxy) is 3. The first-order valence-electron chi connectivity index (χ1n) is 14.2. The number of nitrogens with zero attached hydrogens (tertiary/aromatic N) is 3. The Balaban J connectivity index is 1.41. The molecule has 9 nitrogen and oxygen atoms in total. The Morgan fingerprint density at radius 2 is 1.72 bits per heavy atom. The van der Waals surface area contributed by atoms with E-state index in [1.807, 2.05) is 25.1 Å². The summed E-state index contributed by atoms with van der Waals surface area (Å²) in [5.74, 6) is -1.74. The number of anilines is 1. The van der Waals surface area contributed by atoms with Gasteiger partial charge in [-0.3, -0.25) is 14.5 Å². The zero-order chi connectivity index (χ0) is 32.4. The highest BCUT2D eigenvalue weighted by atomic mass is 32.2. The predicted molar refractivity (Wildman–Crippen MR) is 175 cm³/mol. The molecule has 1 fully saturated rings. The number of aliphatic hydroxyl groups is 1. The molecule has 1 amide bonds. The summed E-state index contributed by atoms with van der Waals surface area (Å²) in [6.07, 6.45) is 0. The third kappa shape index (κ3) is 5.77. The molecule has 234 valence electrons. The van der Waals surface area contributed by atoms with Crippen LogP contribution in [0, 0.1) is 5.82 Å². The number of thioether (sulfide) groups is 1. The molecule has 0 bridgehead atoms. The molecule has 1 saturated heterocycles. The van der Waals surface area contributed by atoms with Crippen LogP contribution in [0.2, 0.25) is 0 Å². The number of aromatic nitrogens is 2. The molecule has 0 radical (unpaired) electrons. The monoisotopic (exact) mass is 657 g/mol. The summed E-state index contributed by atoms with van der Waals surface area (Å²) in [6.45, 7) is 2.22. The van der Waals surface area contributed by atoms with Crippen molar-refractivity contribution in [1.29, 1.82) is 0 Å². The Morgan fingerprint density at radius 3 is 2.48 bits per heavy atom. The quantitative estimate of drug-likeness (QED) is 0.0550. The topological polar surface area (TPSA) is 111 Å². The van der Waals surface area contributed by atoms with Crippen molar-refractivity contribution < 1.29 is 33.3 Å². The molecule has 1 aliphatic heterocycles. The first kappa shape index (κ1) is 31.1. The zero-order valence-corrected chi connectivity index (χ0v) is 26.7. The Bertz CT molecular complexity index is 1990. The summed E-state index contributed by atoms with van der Waals surface area (Å²) in [7, 11) is 2.79. The van der Waals surface area contributed by atoms with E-state index >= 15 is 0 Å². The second-order valence-electron chi connectivity index (χ2n) is 10.1. The van der Waals surface area contributed by atoms with Gasteiger partial charge in [0.25, 0.3) is 5.78 Å². The number of aliphatic hydroxyl groups excluding tert-OH is 1. The van der Waals surface area contributed by atoms with E-state index in [2.05, 4.69) is 34.5 Å². The van der Waals surface area contributed by atoms with E-state index < -0.39 is 29.3 Å². The number of amides is 1. The standard InChI is InChI=1S/C34H28FN3O6S2/c1-4-44-26-15-12-20(17-27(26)43-3)29-28(30(39)21-13-14-25(42-2)24(35)16-21)31(40)32(41)38(29)33-36-37-34(46-33)45-18-22-10-7-9-19-8-5-6-11-23(19)22/h5-17,29,39H,4,18H2,1-3H3/t29-/m0/s1. The molecule has 0 spiro atoms. The lowest BCUT2D eigenvalue weighted by atomic mass is 9.95. The minimum absolute atomic E-state index is 0.00259. The van der Waals surface area contributed by atoms with Crippen LogP contribution in [-0.2, 0) is 15.3 Å². The van der Waals surface area contributed by atoms with Crippen LogP contribution in [-0.4, -0.2) is 47.8 Å². The summed E-state index contributed by atoms with van der Waals surface area (Å²) in [5, 5.41) is 22.5. The summed E-state index contributed by atoms with van der Waals surface area (Å²) in [5.41, 5.74) is 1.33. The van der Waals surface area contributed by atoms with Gasteiger partial charge in [-0.25, -0.2) is 4.39 Å². The predicted octanol–water partition coefficient (Wildman–Crippen LogP) is 7.16. The van der Waals surface area contributed by atoms with Crippen molar-refractivity contribution in [3.8, 4) is 17.2 Å². The third-order valence-electron chi connectivity index (χ3n) is 7.51. The zero-order valence-electron chi connectivity index (χ0n) is 25.0. The van der Waals surface area contributed by atoms with Crippen LogP contribution in [0.3, 0.4) is 0 Å². The van der Waals surface area contributed by atoms with Gasteiger partial charge in [-0.15, -0.1) is 10.2 Å². The molecule has 1 aromatic heterocycles. The van der Waals surface area contributed by atoms with Gasteiger partial charge >= 0.3 is 5.91 Å². The average molecular weight is 658 g/mol. The average Bonchev–Trinajstić information content (AvgIpc) is 3.65. The van der Waals surface area contributed by atoms with Crippen molar-refractivity contribution in [2.45, 2.75) is 23.1 Å². The van der Waals surface area contributed by atoms with Gasteiger partial charge in [-0.2, -0.15) is 0 Å². The van der Waals surface area contributed by atoms with Crippen molar-refractivity contribution in [3.63, 3.8) is 0 Å². The van der Waals surface area contributed by atoms with E-state index in [4.69, 9.17) is 14.2 Å². The van der Waals surface area contributed by atoms with Crippen molar-refractivity contribution in [1.82, 2.24) is 10.2 Å². The van der Waals surface area contributed by atoms with Gasteiger partial charge < -0.3 is 19.3 Å². The van der Waals surface area contributed by atoms with E-state index in [1.54, 1.807) is 18.2 Å². The maximum Gasteiger partial charge on any atom is 0.301 e. The Hall–Kier alpha value is -4.94. The second-order valence-corrected chi connectivity index (χ2v) is 12.3. The van der Waals surface area contributed by atoms with Gasteiger partial charge in [-0.1, -0.05) is 71.6 Å². The number of hydrogen-bond acceptors (Lipinski definition) is 10. The first-order valence-corrected chi connectivity index (χ1v) is 16.0. The molecule has 1 N–H and O–H groups in total. The number of ketones is 1. The SMILES string of the molecule is CCOc1ccc([C@H]2C(=C(O)c3ccc(OC)c(F)c3)C(=O)C(=O)N2c2nnc(SCc3cccc4ccccc34)s2)cc1OC. The number of hydrogen-bond donors (Lipinski definition) is 1. The smallest absolute Gasteiger partial charge is 0.301 e. The van der Waals surface area contributed by atoms with Gasteiger partial charge in [0.1, 0.15) is 5.76 Å². The van der Waals surface area contributed by atoms with E-state index in [0.29, 0.717) is 33.8 Å². The molecule has 1 aliphatic rings. The largest absolute Gasteiger partial charge is 0.507 e. The molecule has 0 saturated carbocycles. The van der Waals surface area contributed by atoms with Crippen LogP contribution in [0.1, 0.15) is 29.7 Å². The minimum Gasteiger partial charge on any atom is -0.507 e. The van der Waals surface area contributed by atoms with Crippen molar-refractivity contribution in [2.24, 2.45) is 0 Å². The minimum atomic E-state index is -1.13. The number of carbonyl (C=O) groups is 2. The summed E-state index contributed by atoms with van der Waals surface area (Å²) < 4.78 is 31.4. The van der Waals surface area contributed by atoms with Crippen LogP contribution in [0.4, 0.5) is 9.52 Å². The fourth-order valence-electron chi connectivity index (χ4n) is 5.36. The molecule has 0 aliphatic carbocycles. The van der Waals surface area contributed by atoms with E-state index in [9.17, 15) is 19.1 Å². The molecule has 6 rings (SSSR count). The lowest BCUT2D eigenvalue weighted by Gasteiger charge is -2.23. The van der Waals surface area contributed by atoms with Gasteiger partial charge in [0.05, 0.1) is 32.4 Å². The third-order valence-corrected chi connectivity index (χ3v) is 9.61. The number of halogens is 1. The molecular weight excluding hydrogens is 630 g/mol. The Morgan fingerprint density at radius 1 is 0.957 bits per heavy atom. The Kier molecular flexibility index (Phi) is 8.91. The van der Waals surface area contributed by atoms with Crippen LogP contribution in [0.5, 0.6) is 17.2 Å². The summed E-state index contributed by atoms with van der Waals surface area (Å²) in [4.78, 5) is 28.5.